The van der Waals surface area contributed by atoms with Crippen LogP contribution in [-0.2, 0) is 4.79 Å². The molecule has 176 valence electrons. The molecule has 4 rings (SSSR count). The van der Waals surface area contributed by atoms with Gasteiger partial charge in [0.1, 0.15) is 11.9 Å². The lowest BCUT2D eigenvalue weighted by atomic mass is 10.0. The molecule has 7 nitrogen and oxygen atoms in total. The molecule has 0 spiro atoms. The zero-order chi connectivity index (χ0) is 24.9. The molecule has 0 aliphatic carbocycles. The van der Waals surface area contributed by atoms with Crippen molar-refractivity contribution in [3.63, 3.8) is 0 Å². The topological polar surface area (TPSA) is 102 Å². The zero-order valence-electron chi connectivity index (χ0n) is 18.3. The summed E-state index contributed by atoms with van der Waals surface area (Å²) in [6.45, 7) is 0. The van der Waals surface area contributed by atoms with E-state index in [9.17, 15) is 19.2 Å². The van der Waals surface area contributed by atoms with Crippen LogP contribution >= 0.6 is 11.6 Å². The first-order valence-electron chi connectivity index (χ1n) is 10.5. The molecule has 0 saturated carbocycles. The van der Waals surface area contributed by atoms with Gasteiger partial charge < -0.3 is 16.3 Å². The quantitative estimate of drug-likeness (QED) is 0.292. The van der Waals surface area contributed by atoms with Gasteiger partial charge in [-0.1, -0.05) is 41.9 Å². The highest BCUT2D eigenvalue weighted by molar-refractivity contribution is 6.30. The smallest absolute Gasteiger partial charge is 0.320 e. The van der Waals surface area contributed by atoms with Crippen molar-refractivity contribution >= 4 is 34.9 Å². The number of aromatic nitrogens is 1. The van der Waals surface area contributed by atoms with Gasteiger partial charge in [-0.3, -0.25) is 9.69 Å². The molecular formula is C26H20ClFN4O3. The Labute approximate surface area is 205 Å². The maximum atomic E-state index is 14.8. The number of amides is 3. The first-order chi connectivity index (χ1) is 16.8. The summed E-state index contributed by atoms with van der Waals surface area (Å²) >= 11 is 5.96. The van der Waals surface area contributed by atoms with E-state index in [4.69, 9.17) is 17.3 Å². The molecule has 1 aromatic heterocycles. The van der Waals surface area contributed by atoms with E-state index in [0.29, 0.717) is 15.4 Å². The van der Waals surface area contributed by atoms with Crippen LogP contribution in [0.3, 0.4) is 0 Å². The number of carbonyl (C=O) groups excluding carboxylic acids is 2. The van der Waals surface area contributed by atoms with E-state index in [0.717, 1.165) is 16.0 Å². The summed E-state index contributed by atoms with van der Waals surface area (Å²) in [4.78, 5) is 26.9. The van der Waals surface area contributed by atoms with E-state index < -0.39 is 23.8 Å². The minimum absolute atomic E-state index is 0.0226. The van der Waals surface area contributed by atoms with Gasteiger partial charge in [-0.2, -0.15) is 4.73 Å². The molecule has 3 N–H and O–H groups in total. The number of benzene rings is 3. The van der Waals surface area contributed by atoms with Crippen molar-refractivity contribution in [1.29, 1.82) is 0 Å². The minimum Gasteiger partial charge on any atom is -0.619 e. The first-order valence-corrected chi connectivity index (χ1v) is 10.9. The Kier molecular flexibility index (Phi) is 6.93. The van der Waals surface area contributed by atoms with Gasteiger partial charge in [0, 0.05) is 34.1 Å². The maximum absolute atomic E-state index is 14.8. The predicted octanol–water partition coefficient (Wildman–Crippen LogP) is 5.04. The Morgan fingerprint density at radius 2 is 1.51 bits per heavy atom. The van der Waals surface area contributed by atoms with Crippen LogP contribution in [0.1, 0.15) is 11.6 Å². The number of urea groups is 1. The number of carbonyl (C=O) groups is 2. The normalized spacial score (nSPS) is 11.5. The summed E-state index contributed by atoms with van der Waals surface area (Å²) in [7, 11) is 0. The molecule has 0 aliphatic heterocycles. The Hall–Kier alpha value is -4.43. The number of rotatable bonds is 6. The van der Waals surface area contributed by atoms with Crippen LogP contribution in [0.4, 0.5) is 20.6 Å². The zero-order valence-corrected chi connectivity index (χ0v) is 19.0. The lowest BCUT2D eigenvalue weighted by molar-refractivity contribution is -0.605. The standard InChI is InChI=1S/C26H20ClFN4O3/c27-19-7-11-21(12-8-19)32(26(29)34)24(22-3-1-2-4-23(22)28)25(33)30-20-9-5-17(6-10-20)18-13-15-31(35)16-14-18/h1-16,24H,(H2,29,34)(H,30,33). The van der Waals surface area contributed by atoms with Crippen molar-refractivity contribution in [2.45, 2.75) is 6.04 Å². The second kappa shape index (κ2) is 10.2. The van der Waals surface area contributed by atoms with Crippen LogP contribution < -0.4 is 20.7 Å². The molecule has 1 unspecified atom stereocenters. The molecule has 35 heavy (non-hydrogen) atoms. The minimum atomic E-state index is -1.39. The number of hydrogen-bond donors (Lipinski definition) is 2. The van der Waals surface area contributed by atoms with Crippen LogP contribution in [-0.4, -0.2) is 11.9 Å². The Bertz CT molecular complexity index is 1350. The SMILES string of the molecule is NC(=O)N(c1ccc(Cl)cc1)C(C(=O)Nc1ccc(-c2cc[n+]([O-])cc2)cc1)c1ccccc1F. The molecule has 0 saturated heterocycles. The fraction of sp³-hybridized carbons (Fsp3) is 0.0385. The van der Waals surface area contributed by atoms with Crippen LogP contribution in [0.5, 0.6) is 0 Å². The second-order valence-corrected chi connectivity index (χ2v) is 8.06. The van der Waals surface area contributed by atoms with E-state index in [1.807, 2.05) is 0 Å². The highest BCUT2D eigenvalue weighted by Crippen LogP contribution is 2.31. The van der Waals surface area contributed by atoms with Gasteiger partial charge in [0.15, 0.2) is 12.4 Å². The molecule has 9 heteroatoms. The van der Waals surface area contributed by atoms with E-state index in [2.05, 4.69) is 5.32 Å². The number of nitrogens with zero attached hydrogens (tertiary/aromatic N) is 2. The second-order valence-electron chi connectivity index (χ2n) is 7.62. The van der Waals surface area contributed by atoms with Crippen molar-refractivity contribution in [2.24, 2.45) is 5.73 Å². The van der Waals surface area contributed by atoms with Crippen LogP contribution in [0.2, 0.25) is 5.02 Å². The summed E-state index contributed by atoms with van der Waals surface area (Å²) < 4.78 is 15.5. The average Bonchev–Trinajstić information content (AvgIpc) is 2.85. The summed E-state index contributed by atoms with van der Waals surface area (Å²) in [6, 6.07) is 19.7. The van der Waals surface area contributed by atoms with E-state index >= 15 is 0 Å². The highest BCUT2D eigenvalue weighted by Gasteiger charge is 2.33. The summed E-state index contributed by atoms with van der Waals surface area (Å²) in [5.41, 5.74) is 7.98. The Balaban J connectivity index is 1.67. The van der Waals surface area contributed by atoms with Gasteiger partial charge in [-0.25, -0.2) is 9.18 Å². The molecule has 1 heterocycles. The molecule has 0 radical (unpaired) electrons. The molecule has 4 aromatic rings. The summed E-state index contributed by atoms with van der Waals surface area (Å²) in [5, 5.41) is 14.4. The lowest BCUT2D eigenvalue weighted by Crippen LogP contribution is -2.44. The predicted molar refractivity (Wildman–Crippen MR) is 132 cm³/mol. The van der Waals surface area contributed by atoms with Crippen molar-refractivity contribution in [2.75, 3.05) is 10.2 Å². The fourth-order valence-corrected chi connectivity index (χ4v) is 3.79. The highest BCUT2D eigenvalue weighted by atomic mass is 35.5. The first kappa shape index (κ1) is 23.7. The Morgan fingerprint density at radius 3 is 2.11 bits per heavy atom. The number of pyridine rings is 1. The monoisotopic (exact) mass is 490 g/mol. The maximum Gasteiger partial charge on any atom is 0.320 e. The molecule has 3 amide bonds. The average molecular weight is 491 g/mol. The van der Waals surface area contributed by atoms with Crippen molar-refractivity contribution < 1.29 is 18.7 Å². The number of halogens is 2. The number of anilines is 2. The molecule has 0 aliphatic rings. The third kappa shape index (κ3) is 5.39. The molecular weight excluding hydrogens is 471 g/mol. The van der Waals surface area contributed by atoms with Crippen LogP contribution in [0.15, 0.2) is 97.3 Å². The summed E-state index contributed by atoms with van der Waals surface area (Å²) in [5.74, 6) is -1.33. The number of hydrogen-bond acceptors (Lipinski definition) is 3. The third-order valence-electron chi connectivity index (χ3n) is 5.34. The van der Waals surface area contributed by atoms with Crippen molar-refractivity contribution in [3.8, 4) is 11.1 Å². The van der Waals surface area contributed by atoms with Crippen molar-refractivity contribution in [1.82, 2.24) is 0 Å². The fourth-order valence-electron chi connectivity index (χ4n) is 3.66. The van der Waals surface area contributed by atoms with E-state index in [-0.39, 0.29) is 11.3 Å². The lowest BCUT2D eigenvalue weighted by Gasteiger charge is -2.30. The largest absolute Gasteiger partial charge is 0.619 e. The summed E-state index contributed by atoms with van der Waals surface area (Å²) in [6.07, 6.45) is 2.78. The van der Waals surface area contributed by atoms with E-state index in [1.54, 1.807) is 54.6 Å². The van der Waals surface area contributed by atoms with Gasteiger partial charge in [0.2, 0.25) is 0 Å². The third-order valence-corrected chi connectivity index (χ3v) is 5.59. The van der Waals surface area contributed by atoms with Crippen LogP contribution in [0.25, 0.3) is 11.1 Å². The molecule has 0 bridgehead atoms. The number of nitrogens with one attached hydrogen (secondary N) is 1. The Morgan fingerprint density at radius 1 is 0.914 bits per heavy atom. The van der Waals surface area contributed by atoms with Crippen molar-refractivity contribution in [3.05, 3.63) is 119 Å². The molecule has 0 fully saturated rings. The van der Waals surface area contributed by atoms with Gasteiger partial charge in [-0.05, 0) is 53.6 Å². The van der Waals surface area contributed by atoms with E-state index in [1.165, 1.54) is 42.7 Å². The van der Waals surface area contributed by atoms with Gasteiger partial charge >= 0.3 is 6.03 Å². The number of primary amides is 1. The molecule has 3 aromatic carbocycles. The van der Waals surface area contributed by atoms with Gasteiger partial charge in [-0.15, -0.1) is 0 Å². The molecule has 1 atom stereocenters. The van der Waals surface area contributed by atoms with Gasteiger partial charge in [0.05, 0.1) is 0 Å². The number of nitrogens with two attached hydrogens (primary N) is 1. The van der Waals surface area contributed by atoms with Gasteiger partial charge in [0.25, 0.3) is 5.91 Å². The van der Waals surface area contributed by atoms with Crippen LogP contribution in [0, 0.1) is 11.0 Å².